The Hall–Kier alpha value is -2.90. The summed E-state index contributed by atoms with van der Waals surface area (Å²) in [5.41, 5.74) is 6.35. The van der Waals surface area contributed by atoms with E-state index in [2.05, 4.69) is 26.1 Å². The monoisotopic (exact) mass is 377 g/mol. The minimum absolute atomic E-state index is 0.0316. The number of hydrogen-bond acceptors (Lipinski definition) is 5. The quantitative estimate of drug-likeness (QED) is 0.647. The molecule has 1 atom stereocenters. The van der Waals surface area contributed by atoms with Crippen LogP contribution in [0.3, 0.4) is 0 Å². The van der Waals surface area contributed by atoms with Gasteiger partial charge in [0.2, 0.25) is 0 Å². The molecule has 0 aromatic heterocycles. The molecular formula is C19H27N3O5. The molecule has 0 spiro atoms. The van der Waals surface area contributed by atoms with Gasteiger partial charge in [-0.05, 0) is 29.0 Å². The summed E-state index contributed by atoms with van der Waals surface area (Å²) in [6.07, 6.45) is -1.19. The number of esters is 1. The lowest BCUT2D eigenvalue weighted by Gasteiger charge is -2.20. The Bertz CT molecular complexity index is 705. The highest BCUT2D eigenvalue weighted by Crippen LogP contribution is 2.22. The predicted octanol–water partition coefficient (Wildman–Crippen LogP) is 1.48. The van der Waals surface area contributed by atoms with Gasteiger partial charge in [-0.15, -0.1) is 0 Å². The molecule has 0 aliphatic rings. The highest BCUT2D eigenvalue weighted by molar-refractivity contribution is 5.98. The number of nitrogens with two attached hydrogens (primary N) is 1. The van der Waals surface area contributed by atoms with E-state index in [1.54, 1.807) is 26.0 Å². The van der Waals surface area contributed by atoms with Crippen molar-refractivity contribution in [2.24, 2.45) is 11.7 Å². The largest absolute Gasteiger partial charge is 0.451 e. The second-order valence-corrected chi connectivity index (χ2v) is 7.52. The number of hydrogen-bond donors (Lipinski definition) is 3. The van der Waals surface area contributed by atoms with Crippen LogP contribution in [0.1, 0.15) is 50.5 Å². The molecule has 0 aliphatic heterocycles. The van der Waals surface area contributed by atoms with Crippen LogP contribution in [0.15, 0.2) is 24.3 Å². The zero-order valence-electron chi connectivity index (χ0n) is 16.3. The van der Waals surface area contributed by atoms with E-state index < -0.39 is 36.5 Å². The molecule has 8 heteroatoms. The molecule has 0 radical (unpaired) electrons. The lowest BCUT2D eigenvalue weighted by Crippen LogP contribution is -2.46. The number of carbonyl (C=O) groups excluding carboxylic acids is 4. The minimum atomic E-state index is -1.19. The number of imide groups is 1. The molecule has 1 aromatic rings. The predicted molar refractivity (Wildman–Crippen MR) is 99.9 cm³/mol. The van der Waals surface area contributed by atoms with Crippen LogP contribution in [0.4, 0.5) is 4.79 Å². The fraction of sp³-hybridized carbons (Fsp3) is 0.474. The average Bonchev–Trinajstić information content (AvgIpc) is 2.55. The zero-order chi connectivity index (χ0) is 20.8. The number of urea groups is 1. The summed E-state index contributed by atoms with van der Waals surface area (Å²) in [5.74, 6) is -2.42. The second kappa shape index (κ2) is 9.16. The topological polar surface area (TPSA) is 128 Å². The SMILES string of the molecule is CC(C)[C@H](OC(=O)CNC(=O)c1ccc(C(C)(C)C)cc1)C(=O)NC(N)=O. The number of carbonyl (C=O) groups is 4. The van der Waals surface area contributed by atoms with Gasteiger partial charge in [0.1, 0.15) is 6.54 Å². The van der Waals surface area contributed by atoms with Crippen molar-refractivity contribution in [1.29, 1.82) is 0 Å². The lowest BCUT2D eigenvalue weighted by atomic mass is 9.87. The standard InChI is InChI=1S/C19H27N3O5/c1-11(2)15(17(25)22-18(20)26)27-14(23)10-21-16(24)12-6-8-13(9-7-12)19(3,4)5/h6-9,11,15H,10H2,1-5H3,(H,21,24)(H3,20,22,25,26)/t15-/m0/s1. The van der Waals surface area contributed by atoms with E-state index in [-0.39, 0.29) is 11.3 Å². The Morgan fingerprint density at radius 3 is 2.07 bits per heavy atom. The van der Waals surface area contributed by atoms with Crippen LogP contribution in [0, 0.1) is 5.92 Å². The average molecular weight is 377 g/mol. The Labute approximate surface area is 158 Å². The Balaban J connectivity index is 2.63. The summed E-state index contributed by atoms with van der Waals surface area (Å²) in [6.45, 7) is 9.08. The first kappa shape index (κ1) is 22.1. The maximum Gasteiger partial charge on any atom is 0.326 e. The van der Waals surface area contributed by atoms with Gasteiger partial charge in [-0.1, -0.05) is 46.8 Å². The molecule has 0 unspecified atom stereocenters. The molecule has 4 amide bonds. The van der Waals surface area contributed by atoms with Crippen LogP contribution in [-0.4, -0.2) is 36.5 Å². The number of primary amides is 1. The van der Waals surface area contributed by atoms with Gasteiger partial charge in [-0.2, -0.15) is 0 Å². The molecule has 1 rings (SSSR count). The van der Waals surface area contributed by atoms with Crippen LogP contribution in [-0.2, 0) is 19.7 Å². The molecule has 4 N–H and O–H groups in total. The van der Waals surface area contributed by atoms with Crippen LogP contribution in [0.5, 0.6) is 0 Å². The van der Waals surface area contributed by atoms with E-state index in [1.807, 2.05) is 17.4 Å². The van der Waals surface area contributed by atoms with Crippen LogP contribution in [0.2, 0.25) is 0 Å². The highest BCUT2D eigenvalue weighted by Gasteiger charge is 2.27. The van der Waals surface area contributed by atoms with Gasteiger partial charge >= 0.3 is 12.0 Å². The van der Waals surface area contributed by atoms with Crippen LogP contribution < -0.4 is 16.4 Å². The van der Waals surface area contributed by atoms with Gasteiger partial charge in [-0.3, -0.25) is 19.7 Å². The molecule has 148 valence electrons. The van der Waals surface area contributed by atoms with E-state index in [4.69, 9.17) is 10.5 Å². The third kappa shape index (κ3) is 7.08. The van der Waals surface area contributed by atoms with Crippen molar-refractivity contribution in [3.8, 4) is 0 Å². The molecule has 0 bridgehead atoms. The fourth-order valence-electron chi connectivity index (χ4n) is 2.24. The fourth-order valence-corrected chi connectivity index (χ4v) is 2.24. The lowest BCUT2D eigenvalue weighted by molar-refractivity contribution is -0.157. The van der Waals surface area contributed by atoms with Gasteiger partial charge in [0.25, 0.3) is 11.8 Å². The van der Waals surface area contributed by atoms with Gasteiger partial charge in [0.15, 0.2) is 6.10 Å². The first-order chi connectivity index (χ1) is 12.4. The molecule has 1 aromatic carbocycles. The Morgan fingerprint density at radius 2 is 1.63 bits per heavy atom. The normalized spacial score (nSPS) is 12.2. The molecule has 8 nitrogen and oxygen atoms in total. The van der Waals surface area contributed by atoms with Gasteiger partial charge in [0.05, 0.1) is 0 Å². The molecule has 0 heterocycles. The van der Waals surface area contributed by atoms with Crippen molar-refractivity contribution in [3.63, 3.8) is 0 Å². The van der Waals surface area contributed by atoms with Crippen molar-refractivity contribution in [3.05, 3.63) is 35.4 Å². The smallest absolute Gasteiger partial charge is 0.326 e. The Kier molecular flexibility index (Phi) is 7.51. The summed E-state index contributed by atoms with van der Waals surface area (Å²) in [7, 11) is 0. The molecule has 0 saturated heterocycles. The highest BCUT2D eigenvalue weighted by atomic mass is 16.5. The molecular weight excluding hydrogens is 350 g/mol. The van der Waals surface area contributed by atoms with Crippen LogP contribution >= 0.6 is 0 Å². The zero-order valence-corrected chi connectivity index (χ0v) is 16.3. The van der Waals surface area contributed by atoms with Crippen LogP contribution in [0.25, 0.3) is 0 Å². The van der Waals surface area contributed by atoms with E-state index in [0.717, 1.165) is 5.56 Å². The van der Waals surface area contributed by atoms with Crippen molar-refractivity contribution in [1.82, 2.24) is 10.6 Å². The summed E-state index contributed by atoms with van der Waals surface area (Å²) in [5, 5.41) is 4.32. The number of ether oxygens (including phenoxy) is 1. The number of nitrogens with one attached hydrogen (secondary N) is 2. The summed E-state index contributed by atoms with van der Waals surface area (Å²) in [6, 6.07) is 6.04. The van der Waals surface area contributed by atoms with Crippen molar-refractivity contribution >= 4 is 23.8 Å². The summed E-state index contributed by atoms with van der Waals surface area (Å²) < 4.78 is 5.05. The molecule has 0 aliphatic carbocycles. The summed E-state index contributed by atoms with van der Waals surface area (Å²) >= 11 is 0. The van der Waals surface area contributed by atoms with E-state index >= 15 is 0 Å². The van der Waals surface area contributed by atoms with Gasteiger partial charge in [-0.25, -0.2) is 4.79 Å². The minimum Gasteiger partial charge on any atom is -0.451 e. The molecule has 0 fully saturated rings. The first-order valence-electron chi connectivity index (χ1n) is 8.60. The number of amides is 4. The maximum atomic E-state index is 12.1. The number of benzene rings is 1. The third-order valence-electron chi connectivity index (χ3n) is 3.78. The number of rotatable bonds is 6. The van der Waals surface area contributed by atoms with E-state index in [9.17, 15) is 19.2 Å². The van der Waals surface area contributed by atoms with Crippen molar-refractivity contribution in [2.75, 3.05) is 6.54 Å². The summed E-state index contributed by atoms with van der Waals surface area (Å²) in [4.78, 5) is 46.7. The van der Waals surface area contributed by atoms with E-state index in [0.29, 0.717) is 5.56 Å². The van der Waals surface area contributed by atoms with Crippen molar-refractivity contribution in [2.45, 2.75) is 46.1 Å². The first-order valence-corrected chi connectivity index (χ1v) is 8.60. The Morgan fingerprint density at radius 1 is 1.07 bits per heavy atom. The second-order valence-electron chi connectivity index (χ2n) is 7.52. The molecule has 27 heavy (non-hydrogen) atoms. The van der Waals surface area contributed by atoms with Crippen molar-refractivity contribution < 1.29 is 23.9 Å². The third-order valence-corrected chi connectivity index (χ3v) is 3.78. The van der Waals surface area contributed by atoms with Gasteiger partial charge < -0.3 is 15.8 Å². The molecule has 0 saturated carbocycles. The van der Waals surface area contributed by atoms with E-state index in [1.165, 1.54) is 0 Å². The van der Waals surface area contributed by atoms with Gasteiger partial charge in [0, 0.05) is 5.56 Å². The maximum absolute atomic E-state index is 12.1.